The number of ether oxygens (including phenoxy) is 2. The molecular weight excluding hydrogens is 330 g/mol. The van der Waals surface area contributed by atoms with Crippen molar-refractivity contribution in [1.82, 2.24) is 15.2 Å². The van der Waals surface area contributed by atoms with Gasteiger partial charge >= 0.3 is 0 Å². The molecule has 126 valence electrons. The molecule has 0 bridgehead atoms. The van der Waals surface area contributed by atoms with E-state index in [1.54, 1.807) is 6.20 Å². The van der Waals surface area contributed by atoms with Crippen LogP contribution in [0.4, 0.5) is 17.5 Å². The minimum absolute atomic E-state index is 0.388. The van der Waals surface area contributed by atoms with Gasteiger partial charge in [0, 0.05) is 36.6 Å². The Morgan fingerprint density at radius 2 is 1.79 bits per heavy atom. The maximum absolute atomic E-state index is 5.89. The van der Waals surface area contributed by atoms with E-state index in [0.29, 0.717) is 24.2 Å². The fourth-order valence-corrected chi connectivity index (χ4v) is 3.15. The Morgan fingerprint density at radius 1 is 1.08 bits per heavy atom. The zero-order valence-electron chi connectivity index (χ0n) is 13.1. The third kappa shape index (κ3) is 3.28. The molecule has 0 unspecified atom stereocenters. The molecule has 0 radical (unpaired) electrons. The number of aromatic nitrogens is 3. The first-order valence-corrected chi connectivity index (χ1v) is 8.35. The van der Waals surface area contributed by atoms with Gasteiger partial charge in [-0.1, -0.05) is 11.6 Å². The third-order valence-electron chi connectivity index (χ3n) is 4.31. The van der Waals surface area contributed by atoms with Crippen LogP contribution in [-0.4, -0.2) is 47.3 Å². The van der Waals surface area contributed by atoms with Gasteiger partial charge in [0.25, 0.3) is 0 Å². The highest BCUT2D eigenvalue weighted by Gasteiger charge is 2.40. The number of anilines is 3. The van der Waals surface area contributed by atoms with E-state index < -0.39 is 0 Å². The number of rotatable bonds is 3. The zero-order chi connectivity index (χ0) is 16.4. The zero-order valence-corrected chi connectivity index (χ0v) is 13.9. The van der Waals surface area contributed by atoms with Crippen molar-refractivity contribution in [2.45, 2.75) is 18.6 Å². The average molecular weight is 348 g/mol. The first kappa shape index (κ1) is 15.6. The monoisotopic (exact) mass is 347 g/mol. The van der Waals surface area contributed by atoms with Crippen molar-refractivity contribution in [2.75, 3.05) is 36.5 Å². The van der Waals surface area contributed by atoms with Crippen molar-refractivity contribution in [1.29, 1.82) is 0 Å². The molecule has 2 saturated heterocycles. The largest absolute Gasteiger partial charge is 0.355 e. The Kier molecular flexibility index (Phi) is 4.22. The van der Waals surface area contributed by atoms with Crippen LogP contribution in [0.5, 0.6) is 0 Å². The summed E-state index contributed by atoms with van der Waals surface area (Å²) in [6, 6.07) is 7.37. The van der Waals surface area contributed by atoms with Crippen molar-refractivity contribution < 1.29 is 9.47 Å². The lowest BCUT2D eigenvalue weighted by Gasteiger charge is -2.37. The van der Waals surface area contributed by atoms with Gasteiger partial charge in [0.05, 0.1) is 19.4 Å². The van der Waals surface area contributed by atoms with Crippen molar-refractivity contribution in [3.63, 3.8) is 0 Å². The predicted molar refractivity (Wildman–Crippen MR) is 90.6 cm³/mol. The highest BCUT2D eigenvalue weighted by molar-refractivity contribution is 6.30. The molecule has 2 aliphatic heterocycles. The van der Waals surface area contributed by atoms with Crippen LogP contribution in [0, 0.1) is 0 Å². The van der Waals surface area contributed by atoms with E-state index in [0.717, 1.165) is 37.4 Å². The van der Waals surface area contributed by atoms with Crippen LogP contribution >= 0.6 is 11.6 Å². The van der Waals surface area contributed by atoms with E-state index >= 15 is 0 Å². The minimum atomic E-state index is -0.388. The lowest BCUT2D eigenvalue weighted by Crippen LogP contribution is -2.45. The highest BCUT2D eigenvalue weighted by Crippen LogP contribution is 2.32. The van der Waals surface area contributed by atoms with Gasteiger partial charge in [0.15, 0.2) is 11.6 Å². The van der Waals surface area contributed by atoms with Crippen molar-refractivity contribution in [3.8, 4) is 0 Å². The molecule has 7 nitrogen and oxygen atoms in total. The smallest absolute Gasteiger partial charge is 0.249 e. The summed E-state index contributed by atoms with van der Waals surface area (Å²) in [4.78, 5) is 6.73. The quantitative estimate of drug-likeness (QED) is 0.914. The van der Waals surface area contributed by atoms with Gasteiger partial charge in [0.1, 0.15) is 0 Å². The van der Waals surface area contributed by atoms with Gasteiger partial charge in [0.2, 0.25) is 5.95 Å². The molecule has 1 spiro atoms. The van der Waals surface area contributed by atoms with Crippen LogP contribution in [0.3, 0.4) is 0 Å². The van der Waals surface area contributed by atoms with Gasteiger partial charge < -0.3 is 19.7 Å². The SMILES string of the molecule is Clc1ccc(Nc2nncc(N3CCC4(CC3)OCCO4)n2)cc1. The number of hydrogen-bond acceptors (Lipinski definition) is 7. The molecule has 0 aliphatic carbocycles. The Morgan fingerprint density at radius 3 is 2.50 bits per heavy atom. The molecule has 2 fully saturated rings. The van der Waals surface area contributed by atoms with E-state index in [4.69, 9.17) is 21.1 Å². The van der Waals surface area contributed by atoms with E-state index in [-0.39, 0.29) is 5.79 Å². The molecule has 4 rings (SSSR count). The Hall–Kier alpha value is -1.96. The molecule has 3 heterocycles. The van der Waals surface area contributed by atoms with Gasteiger partial charge in [-0.05, 0) is 24.3 Å². The second kappa shape index (κ2) is 6.51. The molecule has 2 aromatic rings. The molecule has 2 aliphatic rings. The molecule has 24 heavy (non-hydrogen) atoms. The molecule has 1 aromatic heterocycles. The molecule has 1 aromatic carbocycles. The van der Waals surface area contributed by atoms with E-state index in [1.165, 1.54) is 0 Å². The summed E-state index contributed by atoms with van der Waals surface area (Å²) in [5, 5.41) is 11.9. The van der Waals surface area contributed by atoms with Crippen molar-refractivity contribution in [3.05, 3.63) is 35.5 Å². The van der Waals surface area contributed by atoms with Crippen molar-refractivity contribution in [2.24, 2.45) is 0 Å². The van der Waals surface area contributed by atoms with E-state index in [1.807, 2.05) is 24.3 Å². The van der Waals surface area contributed by atoms with Crippen LogP contribution in [0.2, 0.25) is 5.02 Å². The first-order valence-electron chi connectivity index (χ1n) is 7.98. The summed E-state index contributed by atoms with van der Waals surface area (Å²) >= 11 is 5.89. The number of piperidine rings is 1. The maximum atomic E-state index is 5.89. The first-order chi connectivity index (χ1) is 11.7. The normalized spacial score (nSPS) is 19.6. The summed E-state index contributed by atoms with van der Waals surface area (Å²) in [6.45, 7) is 3.01. The number of hydrogen-bond donors (Lipinski definition) is 1. The van der Waals surface area contributed by atoms with Crippen LogP contribution in [-0.2, 0) is 9.47 Å². The fraction of sp³-hybridized carbons (Fsp3) is 0.438. The second-order valence-electron chi connectivity index (χ2n) is 5.86. The number of nitrogens with one attached hydrogen (secondary N) is 1. The standard InChI is InChI=1S/C16H18ClN5O2/c17-12-1-3-13(4-2-12)19-15-20-14(11-18-21-15)22-7-5-16(6-8-22)23-9-10-24-16/h1-4,11H,5-10H2,(H,19,20,21). The summed E-state index contributed by atoms with van der Waals surface area (Å²) in [5.74, 6) is 0.874. The number of nitrogens with zero attached hydrogens (tertiary/aromatic N) is 4. The lowest BCUT2D eigenvalue weighted by atomic mass is 10.0. The Balaban J connectivity index is 1.44. The molecular formula is C16H18ClN5O2. The maximum Gasteiger partial charge on any atom is 0.249 e. The minimum Gasteiger partial charge on any atom is -0.355 e. The fourth-order valence-electron chi connectivity index (χ4n) is 3.02. The molecule has 8 heteroatoms. The second-order valence-corrected chi connectivity index (χ2v) is 6.30. The molecule has 1 N–H and O–H groups in total. The Bertz CT molecular complexity index is 696. The number of halogens is 1. The van der Waals surface area contributed by atoms with Crippen molar-refractivity contribution >= 4 is 29.1 Å². The lowest BCUT2D eigenvalue weighted by molar-refractivity contribution is -0.169. The molecule has 0 atom stereocenters. The van der Waals surface area contributed by atoms with E-state index in [2.05, 4.69) is 25.4 Å². The molecule has 0 saturated carbocycles. The van der Waals surface area contributed by atoms with Crippen LogP contribution in [0.25, 0.3) is 0 Å². The Labute approximate surface area is 144 Å². The predicted octanol–water partition coefficient (Wildman–Crippen LogP) is 2.61. The van der Waals surface area contributed by atoms with Gasteiger partial charge in [-0.25, -0.2) is 0 Å². The summed E-state index contributed by atoms with van der Waals surface area (Å²) < 4.78 is 11.5. The third-order valence-corrected chi connectivity index (χ3v) is 4.56. The van der Waals surface area contributed by atoms with Crippen LogP contribution in [0.1, 0.15) is 12.8 Å². The summed E-state index contributed by atoms with van der Waals surface area (Å²) in [6.07, 6.45) is 3.34. The summed E-state index contributed by atoms with van der Waals surface area (Å²) in [7, 11) is 0. The van der Waals surface area contributed by atoms with Gasteiger partial charge in [-0.2, -0.15) is 10.1 Å². The average Bonchev–Trinajstić information content (AvgIpc) is 3.06. The van der Waals surface area contributed by atoms with Gasteiger partial charge in [-0.15, -0.1) is 5.10 Å². The van der Waals surface area contributed by atoms with Crippen LogP contribution < -0.4 is 10.2 Å². The highest BCUT2D eigenvalue weighted by atomic mass is 35.5. The summed E-state index contributed by atoms with van der Waals surface area (Å²) in [5.41, 5.74) is 0.865. The van der Waals surface area contributed by atoms with Gasteiger partial charge in [-0.3, -0.25) is 0 Å². The molecule has 0 amide bonds. The number of benzene rings is 1. The topological polar surface area (TPSA) is 72.4 Å². The van der Waals surface area contributed by atoms with Crippen LogP contribution in [0.15, 0.2) is 30.5 Å². The van der Waals surface area contributed by atoms with E-state index in [9.17, 15) is 0 Å².